The minimum Gasteiger partial charge on any atom is -0.333 e. The van der Waals surface area contributed by atoms with Gasteiger partial charge < -0.3 is 10.6 Å². The van der Waals surface area contributed by atoms with Crippen LogP contribution in [0.15, 0.2) is 24.7 Å². The maximum absolute atomic E-state index is 12.7. The van der Waals surface area contributed by atoms with E-state index < -0.39 is 0 Å². The van der Waals surface area contributed by atoms with Gasteiger partial charge in [0.25, 0.3) is 5.91 Å². The molecule has 2 N–H and O–H groups in total. The third-order valence-corrected chi connectivity index (χ3v) is 3.87. The summed E-state index contributed by atoms with van der Waals surface area (Å²) in [5.74, 6) is 0.503. The van der Waals surface area contributed by atoms with Crippen LogP contribution in [0, 0.1) is 0 Å². The lowest BCUT2D eigenvalue weighted by molar-refractivity contribution is 0.0578. The minimum absolute atomic E-state index is 0.0191. The predicted molar refractivity (Wildman–Crippen MR) is 75.3 cm³/mol. The number of amides is 1. The topological polar surface area (TPSA) is 76.5 Å². The minimum atomic E-state index is -0.0440. The molecule has 0 bridgehead atoms. The van der Waals surface area contributed by atoms with E-state index in [-0.39, 0.29) is 18.0 Å². The van der Waals surface area contributed by atoms with Crippen LogP contribution in [-0.4, -0.2) is 43.8 Å². The fourth-order valence-corrected chi connectivity index (χ4v) is 2.84. The van der Waals surface area contributed by atoms with Crippen molar-refractivity contribution in [3.63, 3.8) is 0 Å². The van der Waals surface area contributed by atoms with E-state index in [1.807, 2.05) is 24.1 Å². The largest absolute Gasteiger partial charge is 0.333 e. The molecule has 1 saturated heterocycles. The fraction of sp³-hybridized carbons (Fsp3) is 0.500. The molecule has 2 unspecified atom stereocenters. The second-order valence-electron chi connectivity index (χ2n) is 5.37. The number of nitrogens with two attached hydrogens (primary N) is 1. The summed E-state index contributed by atoms with van der Waals surface area (Å²) in [7, 11) is 0. The number of rotatable bonds is 2. The Morgan fingerprint density at radius 1 is 1.50 bits per heavy atom. The Kier molecular flexibility index (Phi) is 3.40. The maximum atomic E-state index is 12.7. The average molecular weight is 273 g/mol. The van der Waals surface area contributed by atoms with Crippen LogP contribution in [0.5, 0.6) is 0 Å². The molecule has 0 saturated carbocycles. The average Bonchev–Trinajstić information content (AvgIpc) is 2.90. The zero-order chi connectivity index (χ0) is 14.1. The van der Waals surface area contributed by atoms with E-state index in [2.05, 4.69) is 9.97 Å². The van der Waals surface area contributed by atoms with Crippen LogP contribution in [0.25, 0.3) is 5.78 Å². The van der Waals surface area contributed by atoms with Gasteiger partial charge in [-0.25, -0.2) is 9.97 Å². The number of aromatic nitrogens is 3. The molecule has 0 aliphatic carbocycles. The first-order valence-electron chi connectivity index (χ1n) is 7.03. The molecule has 6 nitrogen and oxygen atoms in total. The Morgan fingerprint density at radius 2 is 2.35 bits per heavy atom. The van der Waals surface area contributed by atoms with Crippen LogP contribution in [0.4, 0.5) is 0 Å². The van der Waals surface area contributed by atoms with Crippen molar-refractivity contribution in [3.05, 3.63) is 30.4 Å². The van der Waals surface area contributed by atoms with Crippen LogP contribution in [0.1, 0.15) is 36.7 Å². The molecule has 1 fully saturated rings. The lowest BCUT2D eigenvalue weighted by Crippen LogP contribution is -2.51. The first kappa shape index (κ1) is 13.1. The van der Waals surface area contributed by atoms with E-state index in [1.165, 1.54) is 0 Å². The monoisotopic (exact) mass is 273 g/mol. The van der Waals surface area contributed by atoms with Gasteiger partial charge in [0.15, 0.2) is 0 Å². The summed E-state index contributed by atoms with van der Waals surface area (Å²) in [6.45, 7) is 2.72. The zero-order valence-corrected chi connectivity index (χ0v) is 11.6. The summed E-state index contributed by atoms with van der Waals surface area (Å²) in [6.07, 6.45) is 8.36. The molecular formula is C14H19N5O. The Labute approximate surface area is 117 Å². The predicted octanol–water partition coefficient (Wildman–Crippen LogP) is 1.07. The van der Waals surface area contributed by atoms with Crippen molar-refractivity contribution in [1.82, 2.24) is 19.3 Å². The number of carbonyl (C=O) groups is 1. The van der Waals surface area contributed by atoms with E-state index in [9.17, 15) is 4.79 Å². The molecule has 3 heterocycles. The number of nitrogens with zero attached hydrogens (tertiary/aromatic N) is 4. The third-order valence-electron chi connectivity index (χ3n) is 3.87. The summed E-state index contributed by atoms with van der Waals surface area (Å²) < 4.78 is 1.76. The molecule has 2 atom stereocenters. The highest BCUT2D eigenvalue weighted by atomic mass is 16.2. The lowest BCUT2D eigenvalue weighted by Gasteiger charge is -2.37. The van der Waals surface area contributed by atoms with Gasteiger partial charge in [-0.3, -0.25) is 9.20 Å². The van der Waals surface area contributed by atoms with Gasteiger partial charge in [-0.05, 0) is 32.3 Å². The quantitative estimate of drug-likeness (QED) is 0.888. The highest BCUT2D eigenvalue weighted by molar-refractivity contribution is 5.93. The Balaban J connectivity index is 1.90. The van der Waals surface area contributed by atoms with E-state index in [4.69, 9.17) is 5.73 Å². The molecule has 0 radical (unpaired) electrons. The molecule has 1 aliphatic heterocycles. The van der Waals surface area contributed by atoms with Gasteiger partial charge in [-0.1, -0.05) is 0 Å². The van der Waals surface area contributed by atoms with Gasteiger partial charge in [0.2, 0.25) is 5.78 Å². The highest BCUT2D eigenvalue weighted by Gasteiger charge is 2.30. The van der Waals surface area contributed by atoms with Crippen molar-refractivity contribution in [1.29, 1.82) is 0 Å². The molecule has 20 heavy (non-hydrogen) atoms. The second kappa shape index (κ2) is 5.20. The maximum Gasteiger partial charge on any atom is 0.274 e. The second-order valence-corrected chi connectivity index (χ2v) is 5.37. The van der Waals surface area contributed by atoms with Gasteiger partial charge in [0.05, 0.1) is 0 Å². The summed E-state index contributed by atoms with van der Waals surface area (Å²) in [5, 5.41) is 0. The third kappa shape index (κ3) is 2.27. The normalized spacial score (nSPS) is 21.1. The van der Waals surface area contributed by atoms with Crippen LogP contribution >= 0.6 is 0 Å². The lowest BCUT2D eigenvalue weighted by atomic mass is 9.96. The van der Waals surface area contributed by atoms with E-state index in [0.29, 0.717) is 11.5 Å². The van der Waals surface area contributed by atoms with Crippen LogP contribution < -0.4 is 5.73 Å². The first-order chi connectivity index (χ1) is 9.66. The van der Waals surface area contributed by atoms with Crippen LogP contribution in [0.2, 0.25) is 0 Å². The standard InChI is InChI=1S/C14H19N5O/c1-10(15)12-5-2-3-8-19(12)13(20)11-9-18-7-4-6-16-14(18)17-11/h4,6-7,9-10,12H,2-3,5,8,15H2,1H3. The Morgan fingerprint density at radius 3 is 3.10 bits per heavy atom. The number of hydrogen-bond donors (Lipinski definition) is 1. The molecule has 0 spiro atoms. The summed E-state index contributed by atoms with van der Waals surface area (Å²) in [4.78, 5) is 23.0. The molecule has 6 heteroatoms. The van der Waals surface area contributed by atoms with E-state index >= 15 is 0 Å². The number of hydrogen-bond acceptors (Lipinski definition) is 4. The number of carbonyl (C=O) groups excluding carboxylic acids is 1. The number of imidazole rings is 1. The van der Waals surface area contributed by atoms with Crippen LogP contribution in [-0.2, 0) is 0 Å². The van der Waals surface area contributed by atoms with Gasteiger partial charge in [0.1, 0.15) is 5.69 Å². The molecular weight excluding hydrogens is 254 g/mol. The SMILES string of the molecule is CC(N)C1CCCCN1C(=O)c1cn2cccnc2n1. The molecule has 106 valence electrons. The highest BCUT2D eigenvalue weighted by Crippen LogP contribution is 2.21. The molecule has 1 amide bonds. The number of fused-ring (bicyclic) bond motifs is 1. The van der Waals surface area contributed by atoms with E-state index in [0.717, 1.165) is 25.8 Å². The number of piperidine rings is 1. The van der Waals surface area contributed by atoms with Gasteiger partial charge >= 0.3 is 0 Å². The molecule has 3 rings (SSSR count). The van der Waals surface area contributed by atoms with Gasteiger partial charge in [0, 0.05) is 37.2 Å². The molecule has 0 aromatic carbocycles. The van der Waals surface area contributed by atoms with E-state index in [1.54, 1.807) is 16.8 Å². The summed E-state index contributed by atoms with van der Waals surface area (Å²) in [6, 6.07) is 1.90. The summed E-state index contributed by atoms with van der Waals surface area (Å²) in [5.41, 5.74) is 6.46. The first-order valence-corrected chi connectivity index (χ1v) is 7.03. The zero-order valence-electron chi connectivity index (χ0n) is 11.6. The summed E-state index contributed by atoms with van der Waals surface area (Å²) >= 11 is 0. The van der Waals surface area contributed by atoms with Crippen molar-refractivity contribution in [3.8, 4) is 0 Å². The van der Waals surface area contributed by atoms with Crippen LogP contribution in [0.3, 0.4) is 0 Å². The van der Waals surface area contributed by atoms with Crippen molar-refractivity contribution in [2.75, 3.05) is 6.54 Å². The smallest absolute Gasteiger partial charge is 0.274 e. The molecule has 2 aromatic heterocycles. The van der Waals surface area contributed by atoms with Crippen molar-refractivity contribution in [2.45, 2.75) is 38.3 Å². The van der Waals surface area contributed by atoms with Gasteiger partial charge in [-0.15, -0.1) is 0 Å². The van der Waals surface area contributed by atoms with Crippen molar-refractivity contribution in [2.24, 2.45) is 5.73 Å². The Bertz CT molecular complexity index is 588. The Hall–Kier alpha value is -1.95. The number of likely N-dealkylation sites (tertiary alicyclic amines) is 1. The molecule has 2 aromatic rings. The van der Waals surface area contributed by atoms with Gasteiger partial charge in [-0.2, -0.15) is 0 Å². The molecule has 1 aliphatic rings. The van der Waals surface area contributed by atoms with Crippen molar-refractivity contribution >= 4 is 11.7 Å². The fourth-order valence-electron chi connectivity index (χ4n) is 2.84. The van der Waals surface area contributed by atoms with Crippen molar-refractivity contribution < 1.29 is 4.79 Å².